The number of hydrogen-bond acceptors (Lipinski definition) is 2. The zero-order valence-electron chi connectivity index (χ0n) is 13.1. The molecule has 22 heavy (non-hydrogen) atoms. The molecule has 1 heterocycles. The van der Waals surface area contributed by atoms with Gasteiger partial charge in [-0.2, -0.15) is 5.10 Å². The summed E-state index contributed by atoms with van der Waals surface area (Å²) in [6.07, 6.45) is 3.79. The molecule has 1 atom stereocenters. The highest BCUT2D eigenvalue weighted by molar-refractivity contribution is 14.0. The van der Waals surface area contributed by atoms with Crippen LogP contribution in [0, 0.1) is 5.92 Å². The molecule has 2 N–H and O–H groups in total. The van der Waals surface area contributed by atoms with E-state index >= 15 is 0 Å². The lowest BCUT2D eigenvalue weighted by Gasteiger charge is -2.16. The van der Waals surface area contributed by atoms with Gasteiger partial charge in [0.2, 0.25) is 0 Å². The Bertz CT molecular complexity index is 539. The maximum absolute atomic E-state index is 4.24. The number of halogens is 1. The molecule has 6 heteroatoms. The maximum Gasteiger partial charge on any atom is 0.191 e. The Morgan fingerprint density at radius 1 is 1.23 bits per heavy atom. The smallest absolute Gasteiger partial charge is 0.191 e. The molecule has 0 saturated carbocycles. The molecule has 0 aliphatic heterocycles. The van der Waals surface area contributed by atoms with E-state index in [-0.39, 0.29) is 24.0 Å². The molecule has 0 fully saturated rings. The van der Waals surface area contributed by atoms with Gasteiger partial charge >= 0.3 is 0 Å². The average Bonchev–Trinajstić information content (AvgIpc) is 3.01. The number of hydrogen-bond donors (Lipinski definition) is 2. The lowest BCUT2D eigenvalue weighted by molar-refractivity contribution is 0.443. The van der Waals surface area contributed by atoms with Crippen molar-refractivity contribution in [2.45, 2.75) is 20.0 Å². The van der Waals surface area contributed by atoms with E-state index in [1.807, 2.05) is 35.1 Å². The van der Waals surface area contributed by atoms with Gasteiger partial charge in [-0.05, 0) is 17.5 Å². The first kappa shape index (κ1) is 18.5. The summed E-state index contributed by atoms with van der Waals surface area (Å²) in [6, 6.07) is 12.2. The van der Waals surface area contributed by atoms with Crippen molar-refractivity contribution in [1.29, 1.82) is 0 Å². The Labute approximate surface area is 149 Å². The molecule has 0 aliphatic rings. The van der Waals surface area contributed by atoms with E-state index in [2.05, 4.69) is 39.8 Å². The molecule has 0 aliphatic carbocycles. The molecular formula is C16H24IN5. The summed E-state index contributed by atoms with van der Waals surface area (Å²) >= 11 is 0. The monoisotopic (exact) mass is 413 g/mol. The number of nitrogens with zero attached hydrogens (tertiary/aromatic N) is 3. The first-order chi connectivity index (χ1) is 10.3. The summed E-state index contributed by atoms with van der Waals surface area (Å²) in [4.78, 5) is 4.24. The number of rotatable bonds is 6. The molecule has 1 aromatic carbocycles. The third kappa shape index (κ3) is 6.46. The van der Waals surface area contributed by atoms with Gasteiger partial charge in [0.1, 0.15) is 0 Å². The van der Waals surface area contributed by atoms with Crippen molar-refractivity contribution < 1.29 is 0 Å². The molecule has 2 aromatic rings. The lowest BCUT2D eigenvalue weighted by Crippen LogP contribution is -2.39. The quantitative estimate of drug-likeness (QED) is 0.435. The first-order valence-electron chi connectivity index (χ1n) is 7.24. The molecule has 5 nitrogen and oxygen atoms in total. The molecule has 0 spiro atoms. The Morgan fingerprint density at radius 2 is 2.00 bits per heavy atom. The van der Waals surface area contributed by atoms with Gasteiger partial charge < -0.3 is 10.6 Å². The van der Waals surface area contributed by atoms with E-state index in [4.69, 9.17) is 0 Å². The minimum absolute atomic E-state index is 0. The van der Waals surface area contributed by atoms with Crippen molar-refractivity contribution in [1.82, 2.24) is 20.4 Å². The fourth-order valence-electron chi connectivity index (χ4n) is 2.07. The fourth-order valence-corrected chi connectivity index (χ4v) is 2.07. The van der Waals surface area contributed by atoms with Crippen LogP contribution in [0.15, 0.2) is 53.8 Å². The van der Waals surface area contributed by atoms with Crippen molar-refractivity contribution in [3.8, 4) is 0 Å². The largest absolute Gasteiger partial charge is 0.356 e. The molecule has 0 saturated heterocycles. The minimum atomic E-state index is 0. The predicted octanol–water partition coefficient (Wildman–Crippen LogP) is 2.50. The van der Waals surface area contributed by atoms with Crippen LogP contribution < -0.4 is 10.6 Å². The number of benzene rings is 1. The molecule has 0 bridgehead atoms. The van der Waals surface area contributed by atoms with E-state index < -0.39 is 0 Å². The predicted molar refractivity (Wildman–Crippen MR) is 101 cm³/mol. The molecule has 120 valence electrons. The summed E-state index contributed by atoms with van der Waals surface area (Å²) < 4.78 is 1.95. The average molecular weight is 413 g/mol. The Balaban J connectivity index is 0.00000242. The van der Waals surface area contributed by atoms with Gasteiger partial charge in [-0.15, -0.1) is 24.0 Å². The Kier molecular flexibility index (Phi) is 8.57. The summed E-state index contributed by atoms with van der Waals surface area (Å²) in [5, 5.41) is 10.9. The SMILES string of the molecule is CN=C(NCc1ccccc1)NCC(C)Cn1cccn1.I. The summed E-state index contributed by atoms with van der Waals surface area (Å²) in [5.41, 5.74) is 1.24. The van der Waals surface area contributed by atoms with Gasteiger partial charge in [-0.3, -0.25) is 9.67 Å². The van der Waals surface area contributed by atoms with Gasteiger partial charge in [0.15, 0.2) is 5.96 Å². The summed E-state index contributed by atoms with van der Waals surface area (Å²) in [5.74, 6) is 1.30. The van der Waals surface area contributed by atoms with Crippen LogP contribution in [-0.2, 0) is 13.1 Å². The molecule has 1 aromatic heterocycles. The fraction of sp³-hybridized carbons (Fsp3) is 0.375. The summed E-state index contributed by atoms with van der Waals surface area (Å²) in [6.45, 7) is 4.72. The maximum atomic E-state index is 4.24. The zero-order chi connectivity index (χ0) is 14.9. The van der Waals surface area contributed by atoms with Crippen molar-refractivity contribution in [3.05, 3.63) is 54.4 Å². The van der Waals surface area contributed by atoms with Gasteiger partial charge in [0.05, 0.1) is 0 Å². The van der Waals surface area contributed by atoms with Crippen molar-refractivity contribution in [2.75, 3.05) is 13.6 Å². The van der Waals surface area contributed by atoms with E-state index in [0.29, 0.717) is 5.92 Å². The second-order valence-electron chi connectivity index (χ2n) is 5.13. The van der Waals surface area contributed by atoms with Gasteiger partial charge in [-0.25, -0.2) is 0 Å². The van der Waals surface area contributed by atoms with Gasteiger partial charge in [0.25, 0.3) is 0 Å². The second-order valence-corrected chi connectivity index (χ2v) is 5.13. The van der Waals surface area contributed by atoms with Gasteiger partial charge in [0, 0.05) is 39.1 Å². The van der Waals surface area contributed by atoms with Crippen LogP contribution in [0.5, 0.6) is 0 Å². The van der Waals surface area contributed by atoms with Gasteiger partial charge in [-0.1, -0.05) is 37.3 Å². The minimum Gasteiger partial charge on any atom is -0.356 e. The second kappa shape index (κ2) is 10.2. The van der Waals surface area contributed by atoms with Crippen LogP contribution in [0.25, 0.3) is 0 Å². The van der Waals surface area contributed by atoms with E-state index in [9.17, 15) is 0 Å². The number of nitrogens with one attached hydrogen (secondary N) is 2. The third-order valence-electron chi connectivity index (χ3n) is 3.20. The molecular weight excluding hydrogens is 389 g/mol. The van der Waals surface area contributed by atoms with Crippen molar-refractivity contribution >= 4 is 29.9 Å². The standard InChI is InChI=1S/C16H23N5.HI/c1-14(13-21-10-6-9-20-21)11-18-16(17-2)19-12-15-7-4-3-5-8-15;/h3-10,14H,11-13H2,1-2H3,(H2,17,18,19);1H. The molecule has 2 rings (SSSR count). The zero-order valence-corrected chi connectivity index (χ0v) is 15.4. The highest BCUT2D eigenvalue weighted by Gasteiger charge is 2.05. The first-order valence-corrected chi connectivity index (χ1v) is 7.24. The van der Waals surface area contributed by atoms with Crippen LogP contribution in [0.1, 0.15) is 12.5 Å². The Morgan fingerprint density at radius 3 is 2.64 bits per heavy atom. The topological polar surface area (TPSA) is 54.2 Å². The lowest BCUT2D eigenvalue weighted by atomic mass is 10.2. The number of aliphatic imine (C=N–C) groups is 1. The van der Waals surface area contributed by atoms with Crippen LogP contribution in [0.2, 0.25) is 0 Å². The molecule has 0 radical (unpaired) electrons. The van der Waals surface area contributed by atoms with Crippen LogP contribution >= 0.6 is 24.0 Å². The third-order valence-corrected chi connectivity index (χ3v) is 3.20. The molecule has 1 unspecified atom stereocenters. The van der Waals surface area contributed by atoms with E-state index in [0.717, 1.165) is 25.6 Å². The van der Waals surface area contributed by atoms with Crippen molar-refractivity contribution in [2.24, 2.45) is 10.9 Å². The summed E-state index contributed by atoms with van der Waals surface area (Å²) in [7, 11) is 1.79. The normalized spacial score (nSPS) is 12.4. The highest BCUT2D eigenvalue weighted by atomic mass is 127. The number of aromatic nitrogens is 2. The van der Waals surface area contributed by atoms with E-state index in [1.165, 1.54) is 5.56 Å². The molecule has 0 amide bonds. The Hall–Kier alpha value is -1.57. The van der Waals surface area contributed by atoms with Crippen LogP contribution in [0.3, 0.4) is 0 Å². The van der Waals surface area contributed by atoms with Crippen molar-refractivity contribution in [3.63, 3.8) is 0 Å². The van der Waals surface area contributed by atoms with Crippen LogP contribution in [-0.4, -0.2) is 29.3 Å². The van der Waals surface area contributed by atoms with Crippen LogP contribution in [0.4, 0.5) is 0 Å². The number of guanidine groups is 1. The van der Waals surface area contributed by atoms with E-state index in [1.54, 1.807) is 13.2 Å². The highest BCUT2D eigenvalue weighted by Crippen LogP contribution is 1.99.